The summed E-state index contributed by atoms with van der Waals surface area (Å²) in [4.78, 5) is 26.2. The Morgan fingerprint density at radius 1 is 0.964 bits per heavy atom. The topological polar surface area (TPSA) is 43.4 Å². The van der Waals surface area contributed by atoms with Crippen LogP contribution in [0.25, 0.3) is 0 Å². The molecule has 4 heteroatoms. The monoisotopic (exact) mass is 408 g/mol. The van der Waals surface area contributed by atoms with Gasteiger partial charge in [-0.2, -0.15) is 0 Å². The summed E-state index contributed by atoms with van der Waals surface area (Å²) in [5.74, 6) is 1.36. The van der Waals surface area contributed by atoms with Crippen molar-refractivity contribution in [1.29, 1.82) is 0 Å². The second-order valence-corrected chi connectivity index (χ2v) is 16.0. The number of hydrogen-bond donors (Lipinski definition) is 0. The van der Waals surface area contributed by atoms with Gasteiger partial charge in [0.15, 0.2) is 14.1 Å². The average molecular weight is 409 g/mol. The van der Waals surface area contributed by atoms with Gasteiger partial charge in [0.1, 0.15) is 11.9 Å². The van der Waals surface area contributed by atoms with Crippen LogP contribution in [0.2, 0.25) is 18.1 Å². The molecule has 2 fully saturated rings. The average Bonchev–Trinajstić information content (AvgIpc) is 2.81. The summed E-state index contributed by atoms with van der Waals surface area (Å²) in [5, 5.41) is 0.0832. The molecule has 0 aromatic rings. The van der Waals surface area contributed by atoms with Crippen molar-refractivity contribution in [2.24, 2.45) is 23.7 Å². The summed E-state index contributed by atoms with van der Waals surface area (Å²) in [6.07, 6.45) is 8.89. The third-order valence-corrected chi connectivity index (χ3v) is 12.1. The molecule has 0 spiro atoms. The van der Waals surface area contributed by atoms with E-state index in [1.165, 1.54) is 25.7 Å². The lowest BCUT2D eigenvalue weighted by Crippen LogP contribution is -2.47. The molecule has 0 unspecified atom stereocenters. The second kappa shape index (κ2) is 9.55. The first-order valence-electron chi connectivity index (χ1n) is 11.7. The van der Waals surface area contributed by atoms with E-state index in [9.17, 15) is 9.59 Å². The van der Waals surface area contributed by atoms with Crippen LogP contribution < -0.4 is 0 Å². The summed E-state index contributed by atoms with van der Waals surface area (Å²) in [6, 6.07) is 0. The Morgan fingerprint density at radius 3 is 2.11 bits per heavy atom. The largest absolute Gasteiger partial charge is 0.407 e. The van der Waals surface area contributed by atoms with Gasteiger partial charge < -0.3 is 4.43 Å². The molecule has 2 saturated carbocycles. The van der Waals surface area contributed by atoms with Gasteiger partial charge in [-0.25, -0.2) is 0 Å². The summed E-state index contributed by atoms with van der Waals surface area (Å²) < 4.78 is 6.76. The Labute approximate surface area is 174 Å². The predicted octanol–water partition coefficient (Wildman–Crippen LogP) is 6.56. The minimum atomic E-state index is -2.04. The van der Waals surface area contributed by atoms with Crippen molar-refractivity contribution in [2.75, 3.05) is 0 Å². The number of Topliss-reactive ketones (excluding diaryl/α,β-unsaturated/α-hetero) is 2. The molecule has 0 aromatic heterocycles. The van der Waals surface area contributed by atoms with Crippen molar-refractivity contribution in [2.45, 2.75) is 117 Å². The van der Waals surface area contributed by atoms with E-state index in [0.29, 0.717) is 18.8 Å². The number of rotatable bonds is 3. The molecule has 0 heterocycles. The van der Waals surface area contributed by atoms with Crippen LogP contribution in [0.15, 0.2) is 0 Å². The lowest BCUT2D eigenvalue weighted by Gasteiger charge is -2.40. The van der Waals surface area contributed by atoms with Crippen LogP contribution in [-0.4, -0.2) is 26.0 Å². The highest BCUT2D eigenvalue weighted by Gasteiger charge is 2.54. The molecule has 0 saturated heterocycles. The second-order valence-electron chi connectivity index (χ2n) is 11.2. The number of ketones is 2. The molecule has 28 heavy (non-hydrogen) atoms. The molecule has 0 aliphatic heterocycles. The standard InChI is InChI=1S/C24H44O3Si/c1-17(2)21-19-15-13-11-9-8-10-12-14-18(25)16-20(21)22(26)23(19)27-28(6,7)24(3,4)5/h17,19-21,23H,8-16H2,1-7H3/t19-,20-,21-,23-/m1/s1. The highest BCUT2D eigenvalue weighted by Crippen LogP contribution is 2.48. The van der Waals surface area contributed by atoms with Crippen molar-refractivity contribution in [3.63, 3.8) is 0 Å². The van der Waals surface area contributed by atoms with Crippen LogP contribution in [0.1, 0.15) is 92.4 Å². The summed E-state index contributed by atoms with van der Waals surface area (Å²) in [6.45, 7) is 15.7. The third kappa shape index (κ3) is 5.56. The van der Waals surface area contributed by atoms with Crippen LogP contribution in [0, 0.1) is 23.7 Å². The van der Waals surface area contributed by atoms with Crippen molar-refractivity contribution in [3.8, 4) is 0 Å². The Bertz CT molecular complexity index is 547. The number of carbonyl (C=O) groups is 2. The molecule has 0 N–H and O–H groups in total. The van der Waals surface area contributed by atoms with Crippen molar-refractivity contribution < 1.29 is 14.0 Å². The summed E-state index contributed by atoms with van der Waals surface area (Å²) in [5.41, 5.74) is 0. The maximum absolute atomic E-state index is 13.6. The summed E-state index contributed by atoms with van der Waals surface area (Å²) >= 11 is 0. The van der Waals surface area contributed by atoms with Gasteiger partial charge in [-0.15, -0.1) is 0 Å². The molecule has 0 radical (unpaired) electrons. The highest BCUT2D eigenvalue weighted by atomic mass is 28.4. The minimum Gasteiger partial charge on any atom is -0.407 e. The van der Waals surface area contributed by atoms with Crippen LogP contribution in [0.4, 0.5) is 0 Å². The van der Waals surface area contributed by atoms with Gasteiger partial charge >= 0.3 is 0 Å². The van der Waals surface area contributed by atoms with Gasteiger partial charge in [-0.3, -0.25) is 9.59 Å². The van der Waals surface area contributed by atoms with E-state index in [1.54, 1.807) is 0 Å². The molecule has 2 aliphatic rings. The Kier molecular flexibility index (Phi) is 8.12. The van der Waals surface area contributed by atoms with Crippen LogP contribution in [-0.2, 0) is 14.0 Å². The lowest BCUT2D eigenvalue weighted by molar-refractivity contribution is -0.131. The van der Waals surface area contributed by atoms with Gasteiger partial charge in [0.2, 0.25) is 0 Å². The molecule has 2 bridgehead atoms. The maximum atomic E-state index is 13.6. The molecular weight excluding hydrogens is 364 g/mol. The Morgan fingerprint density at radius 2 is 1.54 bits per heavy atom. The maximum Gasteiger partial charge on any atom is 0.193 e. The van der Waals surface area contributed by atoms with Gasteiger partial charge in [0.05, 0.1) is 0 Å². The SMILES string of the molecule is CC(C)[C@@H]1[C@H]2CCCCCCCCC(=O)C[C@H]1C(=O)[C@@H]2O[Si](C)(C)C(C)(C)C. The third-order valence-electron chi connectivity index (χ3n) is 7.68. The molecule has 162 valence electrons. The van der Waals surface area contributed by atoms with Gasteiger partial charge in [0.25, 0.3) is 0 Å². The van der Waals surface area contributed by atoms with E-state index in [0.717, 1.165) is 19.3 Å². The first-order valence-corrected chi connectivity index (χ1v) is 14.6. The molecule has 4 atom stereocenters. The fourth-order valence-corrected chi connectivity index (χ4v) is 6.33. The Balaban J connectivity index is 2.34. The van der Waals surface area contributed by atoms with E-state index >= 15 is 0 Å². The first-order chi connectivity index (χ1) is 13.0. The fraction of sp³-hybridized carbons (Fsp3) is 0.917. The van der Waals surface area contributed by atoms with E-state index < -0.39 is 8.32 Å². The lowest BCUT2D eigenvalue weighted by atomic mass is 9.76. The molecule has 3 nitrogen and oxygen atoms in total. The van der Waals surface area contributed by atoms with Crippen LogP contribution >= 0.6 is 0 Å². The highest BCUT2D eigenvalue weighted by molar-refractivity contribution is 6.74. The van der Waals surface area contributed by atoms with Gasteiger partial charge in [-0.1, -0.05) is 66.7 Å². The fourth-order valence-electron chi connectivity index (χ4n) is 5.05. The molecule has 2 rings (SSSR count). The van der Waals surface area contributed by atoms with Crippen molar-refractivity contribution >= 4 is 19.9 Å². The molecule has 0 aromatic carbocycles. The number of fused-ring (bicyclic) bond motifs is 2. The smallest absolute Gasteiger partial charge is 0.193 e. The molecule has 0 amide bonds. The van der Waals surface area contributed by atoms with E-state index in [4.69, 9.17) is 4.43 Å². The molecule has 2 aliphatic carbocycles. The Hall–Kier alpha value is -0.483. The van der Waals surface area contributed by atoms with Gasteiger partial charge in [0, 0.05) is 18.8 Å². The zero-order valence-electron chi connectivity index (χ0n) is 19.5. The van der Waals surface area contributed by atoms with Crippen molar-refractivity contribution in [3.05, 3.63) is 0 Å². The van der Waals surface area contributed by atoms with Crippen molar-refractivity contribution in [1.82, 2.24) is 0 Å². The predicted molar refractivity (Wildman–Crippen MR) is 119 cm³/mol. The normalized spacial score (nSPS) is 31.4. The van der Waals surface area contributed by atoms with Crippen LogP contribution in [0.3, 0.4) is 0 Å². The number of carbonyl (C=O) groups excluding carboxylic acids is 2. The van der Waals surface area contributed by atoms with E-state index in [1.807, 2.05) is 0 Å². The summed E-state index contributed by atoms with van der Waals surface area (Å²) in [7, 11) is -2.04. The van der Waals surface area contributed by atoms with Crippen LogP contribution in [0.5, 0.6) is 0 Å². The van der Waals surface area contributed by atoms with Gasteiger partial charge in [-0.05, 0) is 48.7 Å². The zero-order chi connectivity index (χ0) is 21.1. The minimum absolute atomic E-state index is 0.0832. The van der Waals surface area contributed by atoms with E-state index in [-0.39, 0.29) is 40.5 Å². The quantitative estimate of drug-likeness (QED) is 0.497. The molecular formula is C24H44O3Si. The first kappa shape index (κ1) is 23.8. The van der Waals surface area contributed by atoms with E-state index in [2.05, 4.69) is 47.7 Å². The number of hydrogen-bond acceptors (Lipinski definition) is 3. The zero-order valence-corrected chi connectivity index (χ0v) is 20.5.